The highest BCUT2D eigenvalue weighted by molar-refractivity contribution is 5.90. The fraction of sp³-hybridized carbons (Fsp3) is 0.429. The van der Waals surface area contributed by atoms with Crippen LogP contribution in [0.25, 0.3) is 10.9 Å². The summed E-state index contributed by atoms with van der Waals surface area (Å²) in [6.45, 7) is 2.30. The molecule has 5 nitrogen and oxygen atoms in total. The lowest BCUT2D eigenvalue weighted by Crippen LogP contribution is -2.18. The maximum Gasteiger partial charge on any atom is 0.239 e. The molecule has 4 N–H and O–H groups in total. The van der Waals surface area contributed by atoms with E-state index in [4.69, 9.17) is 5.84 Å². The van der Waals surface area contributed by atoms with Gasteiger partial charge in [0.15, 0.2) is 0 Å². The molecule has 3 rings (SSSR count). The van der Waals surface area contributed by atoms with E-state index in [1.165, 1.54) is 19.3 Å². The van der Waals surface area contributed by atoms with E-state index in [-0.39, 0.29) is 0 Å². The molecule has 1 aromatic carbocycles. The second-order valence-electron chi connectivity index (χ2n) is 5.32. The zero-order valence-corrected chi connectivity index (χ0v) is 11.1. The van der Waals surface area contributed by atoms with Crippen LogP contribution in [0.4, 0.5) is 11.8 Å². The first kappa shape index (κ1) is 12.2. The second-order valence-corrected chi connectivity index (χ2v) is 5.32. The lowest BCUT2D eigenvalue weighted by atomic mass is 10.1. The highest BCUT2D eigenvalue weighted by Gasteiger charge is 2.22. The number of nitrogens with two attached hydrogens (primary N) is 1. The minimum absolute atomic E-state index is 0.451. The van der Waals surface area contributed by atoms with Crippen LogP contribution < -0.4 is 16.6 Å². The molecule has 1 heterocycles. The summed E-state index contributed by atoms with van der Waals surface area (Å²) in [4.78, 5) is 8.81. The van der Waals surface area contributed by atoms with Crippen molar-refractivity contribution in [2.45, 2.75) is 32.2 Å². The Hall–Kier alpha value is -1.88. The van der Waals surface area contributed by atoms with Gasteiger partial charge in [-0.2, -0.15) is 4.98 Å². The first-order valence-electron chi connectivity index (χ1n) is 6.76. The number of hydrogen-bond donors (Lipinski definition) is 3. The quantitative estimate of drug-likeness (QED) is 0.582. The average Bonchev–Trinajstić information content (AvgIpc) is 2.84. The standard InChI is InChI=1S/C14H19N5/c1-9-6-7-10(8-9)16-13-11-4-2-3-5-12(11)17-14(18-13)19-15/h2-5,9-10H,6-8,15H2,1H3,(H2,16,17,18,19). The normalized spacial score (nSPS) is 22.6. The number of aromatic nitrogens is 2. The SMILES string of the molecule is CC1CCC(Nc2nc(NN)nc3ccccc23)C1. The van der Waals surface area contributed by atoms with Crippen LogP contribution in [0.5, 0.6) is 0 Å². The number of fused-ring (bicyclic) bond motifs is 1. The maximum absolute atomic E-state index is 5.44. The van der Waals surface area contributed by atoms with Gasteiger partial charge in [0, 0.05) is 11.4 Å². The molecule has 2 aromatic rings. The second kappa shape index (κ2) is 5.01. The van der Waals surface area contributed by atoms with Crippen molar-refractivity contribution < 1.29 is 0 Å². The largest absolute Gasteiger partial charge is 0.367 e. The molecule has 1 aliphatic carbocycles. The molecule has 1 saturated carbocycles. The van der Waals surface area contributed by atoms with Crippen molar-refractivity contribution in [2.75, 3.05) is 10.7 Å². The molecule has 1 aliphatic rings. The molecule has 2 unspecified atom stereocenters. The number of hydrogen-bond acceptors (Lipinski definition) is 5. The zero-order chi connectivity index (χ0) is 13.2. The summed E-state index contributed by atoms with van der Waals surface area (Å²) in [6.07, 6.45) is 3.68. The first-order valence-corrected chi connectivity index (χ1v) is 6.76. The number of nitrogen functional groups attached to an aromatic ring is 1. The molecule has 1 aromatic heterocycles. The smallest absolute Gasteiger partial charge is 0.239 e. The number of nitrogens with one attached hydrogen (secondary N) is 2. The molecule has 0 radical (unpaired) electrons. The van der Waals surface area contributed by atoms with Gasteiger partial charge in [-0.05, 0) is 37.3 Å². The Bertz CT molecular complexity index is 583. The lowest BCUT2D eigenvalue weighted by Gasteiger charge is -2.15. The first-order chi connectivity index (χ1) is 9.26. The van der Waals surface area contributed by atoms with Crippen molar-refractivity contribution in [3.8, 4) is 0 Å². The third-order valence-corrected chi connectivity index (χ3v) is 3.77. The van der Waals surface area contributed by atoms with Crippen LogP contribution in [0.1, 0.15) is 26.2 Å². The van der Waals surface area contributed by atoms with Gasteiger partial charge in [0.1, 0.15) is 5.82 Å². The molecule has 0 bridgehead atoms. The Labute approximate surface area is 112 Å². The molecule has 5 heteroatoms. The molecule has 19 heavy (non-hydrogen) atoms. The number of rotatable bonds is 3. The fourth-order valence-electron chi connectivity index (χ4n) is 2.78. The monoisotopic (exact) mass is 257 g/mol. The Morgan fingerprint density at radius 3 is 2.79 bits per heavy atom. The Balaban J connectivity index is 1.96. The summed E-state index contributed by atoms with van der Waals surface area (Å²) < 4.78 is 0. The lowest BCUT2D eigenvalue weighted by molar-refractivity contribution is 0.602. The van der Waals surface area contributed by atoms with Crippen molar-refractivity contribution in [3.05, 3.63) is 24.3 Å². The van der Waals surface area contributed by atoms with Crippen molar-refractivity contribution in [3.63, 3.8) is 0 Å². The highest BCUT2D eigenvalue weighted by atomic mass is 15.3. The van der Waals surface area contributed by atoms with Gasteiger partial charge in [-0.25, -0.2) is 10.8 Å². The van der Waals surface area contributed by atoms with E-state index in [9.17, 15) is 0 Å². The minimum Gasteiger partial charge on any atom is -0.367 e. The summed E-state index contributed by atoms with van der Waals surface area (Å²) in [5, 5.41) is 4.58. The molecule has 1 fully saturated rings. The molecule has 0 spiro atoms. The molecule has 2 atom stereocenters. The van der Waals surface area contributed by atoms with E-state index in [2.05, 4.69) is 27.6 Å². The maximum atomic E-state index is 5.44. The van der Waals surface area contributed by atoms with Crippen LogP contribution in [-0.4, -0.2) is 16.0 Å². The van der Waals surface area contributed by atoms with Crippen molar-refractivity contribution in [2.24, 2.45) is 11.8 Å². The van der Waals surface area contributed by atoms with Crippen LogP contribution in [0.15, 0.2) is 24.3 Å². The van der Waals surface area contributed by atoms with Crippen LogP contribution in [0.3, 0.4) is 0 Å². The highest BCUT2D eigenvalue weighted by Crippen LogP contribution is 2.29. The molecular weight excluding hydrogens is 238 g/mol. The van der Waals surface area contributed by atoms with Gasteiger partial charge in [0.25, 0.3) is 0 Å². The van der Waals surface area contributed by atoms with E-state index >= 15 is 0 Å². The Morgan fingerprint density at radius 2 is 2.05 bits per heavy atom. The van der Waals surface area contributed by atoms with E-state index in [0.717, 1.165) is 22.6 Å². The van der Waals surface area contributed by atoms with Gasteiger partial charge in [-0.1, -0.05) is 19.1 Å². The predicted octanol–water partition coefficient (Wildman–Crippen LogP) is 2.52. The van der Waals surface area contributed by atoms with E-state index in [1.54, 1.807) is 0 Å². The van der Waals surface area contributed by atoms with Crippen molar-refractivity contribution in [1.29, 1.82) is 0 Å². The van der Waals surface area contributed by atoms with E-state index < -0.39 is 0 Å². The van der Waals surface area contributed by atoms with Gasteiger partial charge in [0.2, 0.25) is 5.95 Å². The third kappa shape index (κ3) is 2.46. The third-order valence-electron chi connectivity index (χ3n) is 3.77. The molecule has 0 aliphatic heterocycles. The topological polar surface area (TPSA) is 75.9 Å². The van der Waals surface area contributed by atoms with Gasteiger partial charge in [-0.15, -0.1) is 0 Å². The van der Waals surface area contributed by atoms with Crippen molar-refractivity contribution in [1.82, 2.24) is 9.97 Å². The summed E-state index contributed by atoms with van der Waals surface area (Å²) in [7, 11) is 0. The van der Waals surface area contributed by atoms with Crippen LogP contribution in [0, 0.1) is 5.92 Å². The molecule has 0 saturated heterocycles. The average molecular weight is 257 g/mol. The Kier molecular flexibility index (Phi) is 3.21. The van der Waals surface area contributed by atoms with Gasteiger partial charge >= 0.3 is 0 Å². The van der Waals surface area contributed by atoms with E-state index in [1.807, 2.05) is 24.3 Å². The van der Waals surface area contributed by atoms with Crippen LogP contribution in [0.2, 0.25) is 0 Å². The van der Waals surface area contributed by atoms with Crippen LogP contribution >= 0.6 is 0 Å². The predicted molar refractivity (Wildman–Crippen MR) is 77.8 cm³/mol. The number of anilines is 2. The zero-order valence-electron chi connectivity index (χ0n) is 11.1. The van der Waals surface area contributed by atoms with Gasteiger partial charge in [-0.3, -0.25) is 5.43 Å². The van der Waals surface area contributed by atoms with Gasteiger partial charge in [0.05, 0.1) is 5.52 Å². The van der Waals surface area contributed by atoms with Crippen LogP contribution in [-0.2, 0) is 0 Å². The summed E-state index contributed by atoms with van der Waals surface area (Å²) in [5.74, 6) is 7.55. The number of hydrazine groups is 1. The van der Waals surface area contributed by atoms with Gasteiger partial charge < -0.3 is 5.32 Å². The number of para-hydroxylation sites is 1. The molecule has 0 amide bonds. The minimum atomic E-state index is 0.451. The fourth-order valence-corrected chi connectivity index (χ4v) is 2.78. The number of benzene rings is 1. The van der Waals surface area contributed by atoms with Crippen molar-refractivity contribution >= 4 is 22.7 Å². The molecule has 100 valence electrons. The molecular formula is C14H19N5. The Morgan fingerprint density at radius 1 is 1.21 bits per heavy atom. The number of nitrogens with zero attached hydrogens (tertiary/aromatic N) is 2. The summed E-state index contributed by atoms with van der Waals surface area (Å²) in [6, 6.07) is 8.48. The summed E-state index contributed by atoms with van der Waals surface area (Å²) >= 11 is 0. The summed E-state index contributed by atoms with van der Waals surface area (Å²) in [5.41, 5.74) is 3.43. The van der Waals surface area contributed by atoms with E-state index in [0.29, 0.717) is 12.0 Å².